The van der Waals surface area contributed by atoms with Gasteiger partial charge in [-0.1, -0.05) is 0 Å². The molecular formula is C23H27F4N3O5. The lowest BCUT2D eigenvalue weighted by molar-refractivity contribution is -0.189. The van der Waals surface area contributed by atoms with Crippen LogP contribution in [0.2, 0.25) is 0 Å². The van der Waals surface area contributed by atoms with Gasteiger partial charge in [0, 0.05) is 17.8 Å². The van der Waals surface area contributed by atoms with Gasteiger partial charge in [-0.2, -0.15) is 13.2 Å². The highest BCUT2D eigenvalue weighted by atomic mass is 19.4. The number of carbonyl (C=O) groups excluding carboxylic acids is 2. The van der Waals surface area contributed by atoms with E-state index in [9.17, 15) is 27.2 Å². The third-order valence-electron chi connectivity index (χ3n) is 4.61. The molecule has 2 aromatic rings. The van der Waals surface area contributed by atoms with E-state index in [2.05, 4.69) is 15.6 Å². The summed E-state index contributed by atoms with van der Waals surface area (Å²) in [7, 11) is 1.38. The van der Waals surface area contributed by atoms with Crippen LogP contribution in [0, 0.1) is 19.7 Å². The molecule has 35 heavy (non-hydrogen) atoms. The Hall–Kier alpha value is -3.57. The smallest absolute Gasteiger partial charge is 0.425 e. The number of rotatable bonds is 6. The number of aromatic nitrogens is 1. The normalized spacial score (nSPS) is 12.5. The van der Waals surface area contributed by atoms with Crippen molar-refractivity contribution < 1.29 is 41.4 Å². The second-order valence-electron chi connectivity index (χ2n) is 8.66. The van der Waals surface area contributed by atoms with Crippen molar-refractivity contribution in [2.24, 2.45) is 0 Å². The molecule has 0 aliphatic rings. The zero-order valence-electron chi connectivity index (χ0n) is 20.3. The Bertz CT molecular complexity index is 1110. The first-order chi connectivity index (χ1) is 16.0. The van der Waals surface area contributed by atoms with Crippen molar-refractivity contribution in [2.45, 2.75) is 59.4 Å². The standard InChI is InChI=1S/C23H27F4N3O5/c1-11-10-28-20(33-7)12(2)18(11)30-19(31)14-8-15(24)16(29-21(32)35-22(4,5)6)9-17(14)34-13(3)23(25,26)27/h8-10,13H,1-7H3,(H,29,32)(H,28,30,31)/t13-/m0/s1. The summed E-state index contributed by atoms with van der Waals surface area (Å²) in [5, 5.41) is 4.66. The molecule has 1 atom stereocenters. The van der Waals surface area contributed by atoms with Crippen molar-refractivity contribution >= 4 is 23.4 Å². The zero-order valence-corrected chi connectivity index (χ0v) is 20.3. The largest absolute Gasteiger partial charge is 0.481 e. The summed E-state index contributed by atoms with van der Waals surface area (Å²) in [5.41, 5.74) is -0.692. The average molecular weight is 501 g/mol. The highest BCUT2D eigenvalue weighted by Crippen LogP contribution is 2.33. The third-order valence-corrected chi connectivity index (χ3v) is 4.61. The summed E-state index contributed by atoms with van der Waals surface area (Å²) in [5.74, 6) is -2.42. The molecule has 0 spiro atoms. The SMILES string of the molecule is COc1ncc(C)c(NC(=O)c2cc(F)c(NC(=O)OC(C)(C)C)cc2O[C@@H](C)C(F)(F)F)c1C. The number of alkyl halides is 3. The summed E-state index contributed by atoms with van der Waals surface area (Å²) in [4.78, 5) is 29.1. The maximum atomic E-state index is 14.8. The first-order valence-electron chi connectivity index (χ1n) is 10.4. The highest BCUT2D eigenvalue weighted by molar-refractivity contribution is 6.07. The van der Waals surface area contributed by atoms with Gasteiger partial charge in [-0.3, -0.25) is 10.1 Å². The molecular weight excluding hydrogens is 474 g/mol. The third kappa shape index (κ3) is 7.20. The molecule has 1 aromatic heterocycles. The van der Waals surface area contributed by atoms with E-state index in [4.69, 9.17) is 14.2 Å². The van der Waals surface area contributed by atoms with Crippen molar-refractivity contribution in [1.29, 1.82) is 0 Å². The number of amides is 2. The van der Waals surface area contributed by atoms with Crippen molar-refractivity contribution in [3.8, 4) is 11.6 Å². The van der Waals surface area contributed by atoms with Crippen molar-refractivity contribution in [3.63, 3.8) is 0 Å². The Morgan fingerprint density at radius 1 is 1.09 bits per heavy atom. The van der Waals surface area contributed by atoms with Gasteiger partial charge >= 0.3 is 12.3 Å². The zero-order chi connectivity index (χ0) is 26.7. The Morgan fingerprint density at radius 3 is 2.26 bits per heavy atom. The topological polar surface area (TPSA) is 98.8 Å². The molecule has 192 valence electrons. The Balaban J connectivity index is 2.50. The van der Waals surface area contributed by atoms with Crippen molar-refractivity contribution in [3.05, 3.63) is 40.8 Å². The quantitative estimate of drug-likeness (QED) is 0.488. The number of aryl methyl sites for hydroxylation is 1. The van der Waals surface area contributed by atoms with E-state index in [1.165, 1.54) is 13.3 Å². The van der Waals surface area contributed by atoms with Crippen LogP contribution < -0.4 is 20.1 Å². The number of benzene rings is 1. The molecule has 1 heterocycles. The van der Waals surface area contributed by atoms with E-state index >= 15 is 0 Å². The van der Waals surface area contributed by atoms with Crippen LogP contribution in [-0.2, 0) is 4.74 Å². The number of hydrogen-bond donors (Lipinski definition) is 2. The van der Waals surface area contributed by atoms with E-state index in [-0.39, 0.29) is 11.6 Å². The van der Waals surface area contributed by atoms with E-state index in [1.807, 2.05) is 0 Å². The lowest BCUT2D eigenvalue weighted by Crippen LogP contribution is -2.32. The Morgan fingerprint density at radius 2 is 1.71 bits per heavy atom. The fraction of sp³-hybridized carbons (Fsp3) is 0.435. The predicted octanol–water partition coefficient (Wildman–Crippen LogP) is 5.78. The van der Waals surface area contributed by atoms with Gasteiger partial charge in [-0.05, 0) is 53.2 Å². The maximum absolute atomic E-state index is 14.8. The molecule has 0 saturated carbocycles. The van der Waals surface area contributed by atoms with Crippen LogP contribution in [0.15, 0.2) is 18.3 Å². The van der Waals surface area contributed by atoms with Crippen LogP contribution in [0.1, 0.15) is 49.2 Å². The molecule has 1 aromatic carbocycles. The number of methoxy groups -OCH3 is 1. The van der Waals surface area contributed by atoms with E-state index in [1.54, 1.807) is 34.6 Å². The van der Waals surface area contributed by atoms with Gasteiger partial charge in [0.05, 0.1) is 24.0 Å². The molecule has 0 aliphatic heterocycles. The van der Waals surface area contributed by atoms with Gasteiger partial charge in [0.2, 0.25) is 5.88 Å². The number of nitrogens with one attached hydrogen (secondary N) is 2. The van der Waals surface area contributed by atoms with Gasteiger partial charge in [-0.25, -0.2) is 14.2 Å². The Kier molecular flexibility index (Phi) is 8.19. The second-order valence-corrected chi connectivity index (χ2v) is 8.66. The lowest BCUT2D eigenvalue weighted by atomic mass is 10.1. The molecule has 2 amide bonds. The Labute approximate surface area is 200 Å². The minimum atomic E-state index is -4.77. The van der Waals surface area contributed by atoms with Crippen LogP contribution in [0.5, 0.6) is 11.6 Å². The van der Waals surface area contributed by atoms with Crippen molar-refractivity contribution in [2.75, 3.05) is 17.7 Å². The maximum Gasteiger partial charge on any atom is 0.425 e. The molecule has 0 unspecified atom stereocenters. The summed E-state index contributed by atoms with van der Waals surface area (Å²) in [6, 6.07) is 1.47. The number of anilines is 2. The van der Waals surface area contributed by atoms with E-state index in [0.717, 1.165) is 13.0 Å². The summed E-state index contributed by atoms with van der Waals surface area (Å²) in [6.45, 7) is 8.72. The van der Waals surface area contributed by atoms with E-state index in [0.29, 0.717) is 17.2 Å². The predicted molar refractivity (Wildman–Crippen MR) is 121 cm³/mol. The molecule has 2 rings (SSSR count). The van der Waals surface area contributed by atoms with E-state index < -0.39 is 52.7 Å². The number of pyridine rings is 1. The molecule has 0 bridgehead atoms. The highest BCUT2D eigenvalue weighted by Gasteiger charge is 2.39. The number of carbonyl (C=O) groups is 2. The van der Waals surface area contributed by atoms with Crippen LogP contribution in [-0.4, -0.2) is 42.0 Å². The molecule has 0 saturated heterocycles. The first kappa shape index (κ1) is 27.7. The summed E-state index contributed by atoms with van der Waals surface area (Å²) < 4.78 is 69.5. The minimum absolute atomic E-state index is 0.219. The fourth-order valence-electron chi connectivity index (χ4n) is 2.89. The average Bonchev–Trinajstić information content (AvgIpc) is 2.71. The lowest BCUT2D eigenvalue weighted by Gasteiger charge is -2.22. The molecule has 0 fully saturated rings. The molecule has 0 radical (unpaired) electrons. The summed E-state index contributed by atoms with van der Waals surface area (Å²) >= 11 is 0. The fourth-order valence-corrected chi connectivity index (χ4v) is 2.89. The van der Waals surface area contributed by atoms with Gasteiger partial charge in [0.25, 0.3) is 5.91 Å². The van der Waals surface area contributed by atoms with Crippen LogP contribution in [0.25, 0.3) is 0 Å². The molecule has 8 nitrogen and oxygen atoms in total. The molecule has 0 aliphatic carbocycles. The number of hydrogen-bond acceptors (Lipinski definition) is 6. The minimum Gasteiger partial charge on any atom is -0.481 e. The van der Waals surface area contributed by atoms with Gasteiger partial charge < -0.3 is 19.5 Å². The van der Waals surface area contributed by atoms with Crippen LogP contribution in [0.3, 0.4) is 0 Å². The van der Waals surface area contributed by atoms with Crippen molar-refractivity contribution in [1.82, 2.24) is 4.98 Å². The number of halogens is 4. The summed E-state index contributed by atoms with van der Waals surface area (Å²) in [6.07, 6.45) is -6.72. The second kappa shape index (κ2) is 10.4. The van der Waals surface area contributed by atoms with Gasteiger partial charge in [0.15, 0.2) is 6.10 Å². The number of nitrogens with zero attached hydrogens (tertiary/aromatic N) is 1. The monoisotopic (exact) mass is 501 g/mol. The first-order valence-corrected chi connectivity index (χ1v) is 10.4. The van der Waals surface area contributed by atoms with Crippen LogP contribution >= 0.6 is 0 Å². The van der Waals surface area contributed by atoms with Gasteiger partial charge in [0.1, 0.15) is 17.2 Å². The number of ether oxygens (including phenoxy) is 3. The molecule has 12 heteroatoms. The van der Waals surface area contributed by atoms with Gasteiger partial charge in [-0.15, -0.1) is 0 Å². The van der Waals surface area contributed by atoms with Crippen LogP contribution in [0.4, 0.5) is 33.7 Å². The molecule has 2 N–H and O–H groups in total.